The van der Waals surface area contributed by atoms with Crippen molar-refractivity contribution in [3.8, 4) is 0 Å². The van der Waals surface area contributed by atoms with Crippen molar-refractivity contribution in [1.82, 2.24) is 4.31 Å². The molecule has 0 spiro atoms. The Morgan fingerprint density at radius 1 is 1.20 bits per heavy atom. The predicted octanol–water partition coefficient (Wildman–Crippen LogP) is 2.05. The van der Waals surface area contributed by atoms with Crippen molar-refractivity contribution >= 4 is 16.3 Å². The average Bonchev–Trinajstić information content (AvgIpc) is 2.87. The van der Waals surface area contributed by atoms with Crippen molar-refractivity contribution in [2.24, 2.45) is 0 Å². The van der Waals surface area contributed by atoms with E-state index in [1.54, 1.807) is 0 Å². The molecule has 0 aliphatic carbocycles. The normalized spacial score (nSPS) is 11.8. The number of halogens is 1. The second-order valence-corrected chi connectivity index (χ2v) is 6.18. The number of hydrogen-bond donors (Lipinski definition) is 0. The maximum absolute atomic E-state index is 12.8. The van der Waals surface area contributed by atoms with Gasteiger partial charge in [0.2, 0.25) is 10.0 Å². The van der Waals surface area contributed by atoms with Crippen LogP contribution >= 0.6 is 0 Å². The fourth-order valence-corrected chi connectivity index (χ4v) is 2.77. The van der Waals surface area contributed by atoms with Crippen LogP contribution in [0.5, 0.6) is 0 Å². The van der Waals surface area contributed by atoms with Crippen molar-refractivity contribution in [3.05, 3.63) is 53.7 Å². The van der Waals surface area contributed by atoms with E-state index < -0.39 is 15.8 Å². The molecule has 0 aliphatic rings. The van der Waals surface area contributed by atoms with Gasteiger partial charge in [0.05, 0.1) is 11.4 Å². The van der Waals surface area contributed by atoms with Gasteiger partial charge in [-0.05, 0) is 36.4 Å². The number of nitrogens with zero attached hydrogens (tertiary/aromatic N) is 1. The topological polar surface area (TPSA) is 67.6 Å². The molecule has 0 unspecified atom stereocenters. The molecule has 0 saturated heterocycles. The highest BCUT2D eigenvalue weighted by atomic mass is 32.2. The minimum atomic E-state index is -3.73. The van der Waals surface area contributed by atoms with Crippen molar-refractivity contribution < 1.29 is 22.0 Å². The Morgan fingerprint density at radius 3 is 2.40 bits per heavy atom. The molecular formula is C13H12FNO4S. The Balaban J connectivity index is 2.20. The van der Waals surface area contributed by atoms with Gasteiger partial charge >= 0.3 is 0 Å². The lowest BCUT2D eigenvalue weighted by atomic mass is 10.4. The molecule has 106 valence electrons. The molecule has 1 heterocycles. The van der Waals surface area contributed by atoms with Gasteiger partial charge in [-0.15, -0.1) is 0 Å². The molecule has 0 atom stereocenters. The van der Waals surface area contributed by atoms with Crippen LogP contribution in [0.25, 0.3) is 0 Å². The van der Waals surface area contributed by atoms with Crippen LogP contribution in [0.3, 0.4) is 0 Å². The largest absolute Gasteiger partial charge is 0.457 e. The van der Waals surface area contributed by atoms with Gasteiger partial charge in [0.25, 0.3) is 0 Å². The Labute approximate surface area is 115 Å². The van der Waals surface area contributed by atoms with E-state index in [2.05, 4.69) is 0 Å². The fourth-order valence-electron chi connectivity index (χ4n) is 1.63. The molecule has 1 aromatic carbocycles. The van der Waals surface area contributed by atoms with Gasteiger partial charge in [-0.25, -0.2) is 12.8 Å². The number of sulfonamides is 1. The van der Waals surface area contributed by atoms with E-state index in [1.165, 1.54) is 31.3 Å². The smallest absolute Gasteiger partial charge is 0.243 e. The minimum Gasteiger partial charge on any atom is -0.457 e. The van der Waals surface area contributed by atoms with Crippen LogP contribution in [0, 0.1) is 5.82 Å². The zero-order valence-electron chi connectivity index (χ0n) is 10.6. The van der Waals surface area contributed by atoms with Crippen LogP contribution in [-0.4, -0.2) is 26.1 Å². The molecule has 0 amide bonds. The Hall–Kier alpha value is -1.99. The zero-order valence-corrected chi connectivity index (χ0v) is 11.4. The molecule has 0 saturated carbocycles. The Bertz CT molecular complexity index is 706. The molecule has 20 heavy (non-hydrogen) atoms. The summed E-state index contributed by atoms with van der Waals surface area (Å²) in [7, 11) is -2.36. The molecule has 2 aromatic rings. The third kappa shape index (κ3) is 2.94. The molecule has 0 aliphatic heterocycles. The molecule has 2 rings (SSSR count). The summed E-state index contributed by atoms with van der Waals surface area (Å²) >= 11 is 0. The van der Waals surface area contributed by atoms with Crippen LogP contribution in [0.4, 0.5) is 4.39 Å². The quantitative estimate of drug-likeness (QED) is 0.792. The maximum Gasteiger partial charge on any atom is 0.243 e. The summed E-state index contributed by atoms with van der Waals surface area (Å²) in [5, 5.41) is 0. The van der Waals surface area contributed by atoms with Gasteiger partial charge in [0.1, 0.15) is 11.6 Å². The van der Waals surface area contributed by atoms with Crippen molar-refractivity contribution in [1.29, 1.82) is 0 Å². The van der Waals surface area contributed by atoms with Crippen LogP contribution in [0.15, 0.2) is 45.7 Å². The average molecular weight is 297 g/mol. The van der Waals surface area contributed by atoms with E-state index in [0.717, 1.165) is 16.4 Å². The van der Waals surface area contributed by atoms with E-state index in [9.17, 15) is 17.6 Å². The fraction of sp³-hybridized carbons (Fsp3) is 0.154. The SMILES string of the molecule is CN(Cc1ccc(C=O)o1)S(=O)(=O)c1ccc(F)cc1. The molecular weight excluding hydrogens is 285 g/mol. The highest BCUT2D eigenvalue weighted by Gasteiger charge is 2.21. The van der Waals surface area contributed by atoms with E-state index in [1.807, 2.05) is 0 Å². The monoisotopic (exact) mass is 297 g/mol. The number of hydrogen-bond acceptors (Lipinski definition) is 4. The molecule has 5 nitrogen and oxygen atoms in total. The maximum atomic E-state index is 12.8. The van der Waals surface area contributed by atoms with Crippen LogP contribution in [0.2, 0.25) is 0 Å². The van der Waals surface area contributed by atoms with Crippen molar-refractivity contribution in [3.63, 3.8) is 0 Å². The molecule has 1 aromatic heterocycles. The van der Waals surface area contributed by atoms with Crippen molar-refractivity contribution in [2.45, 2.75) is 11.4 Å². The number of furan rings is 1. The number of benzene rings is 1. The first-order valence-electron chi connectivity index (χ1n) is 5.69. The number of rotatable bonds is 5. The van der Waals surface area contributed by atoms with Crippen molar-refractivity contribution in [2.75, 3.05) is 7.05 Å². The Morgan fingerprint density at radius 2 is 1.85 bits per heavy atom. The van der Waals surface area contributed by atoms with Crippen LogP contribution in [0.1, 0.15) is 16.3 Å². The molecule has 0 N–H and O–H groups in total. The lowest BCUT2D eigenvalue weighted by molar-refractivity contribution is 0.109. The molecule has 0 fully saturated rings. The van der Waals surface area contributed by atoms with Gasteiger partial charge in [-0.3, -0.25) is 4.79 Å². The first-order valence-corrected chi connectivity index (χ1v) is 7.13. The molecule has 0 radical (unpaired) electrons. The second-order valence-electron chi connectivity index (χ2n) is 4.14. The van der Waals surface area contributed by atoms with E-state index in [4.69, 9.17) is 4.42 Å². The number of carbonyl (C=O) groups is 1. The highest BCUT2D eigenvalue weighted by Crippen LogP contribution is 2.18. The third-order valence-electron chi connectivity index (χ3n) is 2.70. The molecule has 0 bridgehead atoms. The van der Waals surface area contributed by atoms with Gasteiger partial charge in [-0.2, -0.15) is 4.31 Å². The summed E-state index contributed by atoms with van der Waals surface area (Å²) in [4.78, 5) is 10.5. The summed E-state index contributed by atoms with van der Waals surface area (Å²) in [6.07, 6.45) is 0.540. The third-order valence-corrected chi connectivity index (χ3v) is 4.52. The number of aldehydes is 1. The van der Waals surface area contributed by atoms with E-state index >= 15 is 0 Å². The molecule has 7 heteroatoms. The lowest BCUT2D eigenvalue weighted by Crippen LogP contribution is -2.26. The summed E-state index contributed by atoms with van der Waals surface area (Å²) in [5.41, 5.74) is 0. The van der Waals surface area contributed by atoms with E-state index in [-0.39, 0.29) is 17.2 Å². The lowest BCUT2D eigenvalue weighted by Gasteiger charge is -2.15. The second kappa shape index (κ2) is 5.56. The summed E-state index contributed by atoms with van der Waals surface area (Å²) in [6, 6.07) is 7.54. The minimum absolute atomic E-state index is 0.0106. The predicted molar refractivity (Wildman–Crippen MR) is 69.1 cm³/mol. The summed E-state index contributed by atoms with van der Waals surface area (Å²) in [5.74, 6) is -0.0267. The van der Waals surface area contributed by atoms with Crippen LogP contribution in [-0.2, 0) is 16.6 Å². The van der Waals surface area contributed by atoms with Gasteiger partial charge < -0.3 is 4.42 Å². The zero-order chi connectivity index (χ0) is 14.8. The van der Waals surface area contributed by atoms with E-state index in [0.29, 0.717) is 12.0 Å². The standard InChI is InChI=1S/C13H12FNO4S/c1-15(8-11-4-5-12(9-16)19-11)20(17,18)13-6-2-10(14)3-7-13/h2-7,9H,8H2,1H3. The van der Waals surface area contributed by atoms with Gasteiger partial charge in [0.15, 0.2) is 12.0 Å². The van der Waals surface area contributed by atoms with Crippen LogP contribution < -0.4 is 0 Å². The number of carbonyl (C=O) groups excluding carboxylic acids is 1. The van der Waals surface area contributed by atoms with Gasteiger partial charge in [0, 0.05) is 7.05 Å². The summed E-state index contributed by atoms with van der Waals surface area (Å²) in [6.45, 7) is -0.0203. The first kappa shape index (κ1) is 14.4. The highest BCUT2D eigenvalue weighted by molar-refractivity contribution is 7.89. The Kier molecular flexibility index (Phi) is 4.01. The first-order chi connectivity index (χ1) is 9.43. The summed E-state index contributed by atoms with van der Waals surface area (Å²) < 4.78 is 43.4. The van der Waals surface area contributed by atoms with Gasteiger partial charge in [-0.1, -0.05) is 0 Å².